The van der Waals surface area contributed by atoms with Crippen molar-refractivity contribution in [1.82, 2.24) is 0 Å². The third-order valence-electron chi connectivity index (χ3n) is 3.98. The second kappa shape index (κ2) is 4.92. The molecule has 1 aromatic rings. The summed E-state index contributed by atoms with van der Waals surface area (Å²) >= 11 is 0. The highest BCUT2D eigenvalue weighted by Crippen LogP contribution is 2.37. The molecule has 0 heterocycles. The number of allylic oxidation sites excluding steroid dienone is 2. The maximum Gasteiger partial charge on any atom is 0.190 e. The normalized spacial score (nSPS) is 14.9. The minimum atomic E-state index is -0.847. The lowest BCUT2D eigenvalue weighted by molar-refractivity contribution is -0.114. The van der Waals surface area contributed by atoms with E-state index in [1.807, 2.05) is 13.8 Å². The van der Waals surface area contributed by atoms with Gasteiger partial charge < -0.3 is 4.79 Å². The van der Waals surface area contributed by atoms with E-state index in [-0.39, 0.29) is 11.6 Å². The molecule has 3 heteroatoms. The maximum absolute atomic E-state index is 12.5. The van der Waals surface area contributed by atoms with Crippen LogP contribution in [0.4, 0.5) is 0 Å². The van der Waals surface area contributed by atoms with Crippen molar-refractivity contribution in [1.29, 1.82) is 0 Å². The Morgan fingerprint density at radius 2 is 1.63 bits per heavy atom. The molecular formula is C16H16O3. The molecule has 0 fully saturated rings. The lowest BCUT2D eigenvalue weighted by Crippen LogP contribution is -2.32. The van der Waals surface area contributed by atoms with Crippen molar-refractivity contribution in [3.05, 3.63) is 47.0 Å². The van der Waals surface area contributed by atoms with E-state index in [0.29, 0.717) is 29.5 Å². The molecule has 0 bridgehead atoms. The molecule has 3 nitrogen and oxygen atoms in total. The van der Waals surface area contributed by atoms with E-state index in [4.69, 9.17) is 0 Å². The minimum Gasteiger partial charge on any atom is -0.302 e. The number of carbonyl (C=O) groups excluding carboxylic acids is 3. The summed E-state index contributed by atoms with van der Waals surface area (Å²) in [4.78, 5) is 36.0. The summed E-state index contributed by atoms with van der Waals surface area (Å²) < 4.78 is 0. The Bertz CT molecular complexity index is 577. The molecule has 0 aromatic heterocycles. The lowest BCUT2D eigenvalue weighted by atomic mass is 9.71. The molecule has 0 radical (unpaired) electrons. The topological polar surface area (TPSA) is 51.2 Å². The molecule has 19 heavy (non-hydrogen) atoms. The first-order valence-electron chi connectivity index (χ1n) is 6.46. The van der Waals surface area contributed by atoms with Crippen LogP contribution in [0.3, 0.4) is 0 Å². The van der Waals surface area contributed by atoms with Crippen LogP contribution in [0.5, 0.6) is 0 Å². The molecule has 0 atom stereocenters. The molecule has 2 rings (SSSR count). The monoisotopic (exact) mass is 256 g/mol. The molecule has 0 N–H and O–H groups in total. The average molecular weight is 256 g/mol. The number of hydrogen-bond donors (Lipinski definition) is 0. The molecule has 0 saturated heterocycles. The SMILES string of the molecule is CCC(C=O)(CC)C1=CC(=O)c2ccccc2C1=O. The van der Waals surface area contributed by atoms with Crippen LogP contribution in [-0.2, 0) is 4.79 Å². The van der Waals surface area contributed by atoms with Gasteiger partial charge in [-0.25, -0.2) is 0 Å². The van der Waals surface area contributed by atoms with Crippen molar-refractivity contribution >= 4 is 17.9 Å². The Morgan fingerprint density at radius 3 is 2.16 bits per heavy atom. The van der Waals surface area contributed by atoms with E-state index in [2.05, 4.69) is 0 Å². The van der Waals surface area contributed by atoms with Gasteiger partial charge in [0.2, 0.25) is 0 Å². The van der Waals surface area contributed by atoms with Crippen LogP contribution < -0.4 is 0 Å². The summed E-state index contributed by atoms with van der Waals surface area (Å²) in [5.41, 5.74) is 0.304. The molecule has 1 aliphatic carbocycles. The van der Waals surface area contributed by atoms with Crippen molar-refractivity contribution in [2.75, 3.05) is 0 Å². The molecule has 1 aliphatic rings. The number of aldehydes is 1. The Kier molecular flexibility index (Phi) is 3.47. The van der Waals surface area contributed by atoms with Gasteiger partial charge in [-0.15, -0.1) is 0 Å². The average Bonchev–Trinajstić information content (AvgIpc) is 2.46. The summed E-state index contributed by atoms with van der Waals surface area (Å²) in [5, 5.41) is 0. The second-order valence-electron chi connectivity index (χ2n) is 4.78. The minimum absolute atomic E-state index is 0.196. The summed E-state index contributed by atoms with van der Waals surface area (Å²) in [6, 6.07) is 6.75. The number of carbonyl (C=O) groups is 3. The fourth-order valence-corrected chi connectivity index (χ4v) is 2.55. The molecule has 0 saturated carbocycles. The van der Waals surface area contributed by atoms with Crippen LogP contribution in [0.15, 0.2) is 35.9 Å². The predicted molar refractivity (Wildman–Crippen MR) is 72.3 cm³/mol. The van der Waals surface area contributed by atoms with E-state index in [1.54, 1.807) is 24.3 Å². The van der Waals surface area contributed by atoms with Crippen molar-refractivity contribution in [2.24, 2.45) is 5.41 Å². The Morgan fingerprint density at radius 1 is 1.05 bits per heavy atom. The fraction of sp³-hybridized carbons (Fsp3) is 0.312. The molecule has 0 spiro atoms. The highest BCUT2D eigenvalue weighted by atomic mass is 16.1. The fourth-order valence-electron chi connectivity index (χ4n) is 2.55. The van der Waals surface area contributed by atoms with Gasteiger partial charge in [-0.3, -0.25) is 9.59 Å². The van der Waals surface area contributed by atoms with Crippen LogP contribution in [0.2, 0.25) is 0 Å². The predicted octanol–water partition coefficient (Wildman–Crippen LogP) is 3.00. The molecule has 0 aliphatic heterocycles. The van der Waals surface area contributed by atoms with Crippen LogP contribution in [0, 0.1) is 5.41 Å². The molecule has 0 unspecified atom stereocenters. The van der Waals surface area contributed by atoms with E-state index in [9.17, 15) is 14.4 Å². The van der Waals surface area contributed by atoms with E-state index in [1.165, 1.54) is 6.08 Å². The van der Waals surface area contributed by atoms with Gasteiger partial charge in [-0.05, 0) is 18.9 Å². The van der Waals surface area contributed by atoms with Gasteiger partial charge in [0.15, 0.2) is 11.6 Å². The van der Waals surface area contributed by atoms with Crippen LogP contribution in [0.1, 0.15) is 47.4 Å². The second-order valence-corrected chi connectivity index (χ2v) is 4.78. The zero-order chi connectivity index (χ0) is 14.0. The summed E-state index contributed by atoms with van der Waals surface area (Å²) in [7, 11) is 0. The Labute approximate surface area is 112 Å². The number of rotatable bonds is 4. The van der Waals surface area contributed by atoms with Gasteiger partial charge in [0.25, 0.3) is 0 Å². The van der Waals surface area contributed by atoms with Gasteiger partial charge in [0.05, 0.1) is 5.41 Å². The summed E-state index contributed by atoms with van der Waals surface area (Å²) in [6.07, 6.45) is 3.17. The van der Waals surface area contributed by atoms with Crippen molar-refractivity contribution in [2.45, 2.75) is 26.7 Å². The number of Topliss-reactive ketones (excluding diaryl/α,β-unsaturated/α-hetero) is 1. The maximum atomic E-state index is 12.5. The summed E-state index contributed by atoms with van der Waals surface area (Å²) in [6.45, 7) is 3.72. The first-order valence-corrected chi connectivity index (χ1v) is 6.46. The lowest BCUT2D eigenvalue weighted by Gasteiger charge is -2.29. The van der Waals surface area contributed by atoms with Gasteiger partial charge in [0.1, 0.15) is 6.29 Å². The number of benzene rings is 1. The van der Waals surface area contributed by atoms with E-state index < -0.39 is 5.41 Å². The molecule has 1 aromatic carbocycles. The Balaban J connectivity index is 2.60. The van der Waals surface area contributed by atoms with Crippen LogP contribution in [0.25, 0.3) is 0 Å². The van der Waals surface area contributed by atoms with Crippen molar-refractivity contribution in [3.8, 4) is 0 Å². The highest BCUT2D eigenvalue weighted by Gasteiger charge is 2.38. The van der Waals surface area contributed by atoms with Gasteiger partial charge in [-0.2, -0.15) is 0 Å². The quantitative estimate of drug-likeness (QED) is 0.778. The third kappa shape index (κ3) is 1.95. The zero-order valence-electron chi connectivity index (χ0n) is 11.1. The largest absolute Gasteiger partial charge is 0.302 e. The van der Waals surface area contributed by atoms with Crippen LogP contribution in [-0.4, -0.2) is 17.9 Å². The molecular weight excluding hydrogens is 240 g/mol. The smallest absolute Gasteiger partial charge is 0.190 e. The van der Waals surface area contributed by atoms with Crippen molar-refractivity contribution in [3.63, 3.8) is 0 Å². The molecule has 0 amide bonds. The van der Waals surface area contributed by atoms with Crippen molar-refractivity contribution < 1.29 is 14.4 Å². The standard InChI is InChI=1S/C16H16O3/c1-3-16(4-2,10-17)13-9-14(18)11-7-5-6-8-12(11)15(13)19/h5-10H,3-4H2,1-2H3. The molecule has 98 valence electrons. The zero-order valence-corrected chi connectivity index (χ0v) is 11.1. The Hall–Kier alpha value is -2.03. The van der Waals surface area contributed by atoms with E-state index >= 15 is 0 Å². The third-order valence-corrected chi connectivity index (χ3v) is 3.98. The summed E-state index contributed by atoms with van der Waals surface area (Å²) in [5.74, 6) is -0.399. The number of hydrogen-bond acceptors (Lipinski definition) is 3. The highest BCUT2D eigenvalue weighted by molar-refractivity contribution is 6.25. The van der Waals surface area contributed by atoms with Gasteiger partial charge >= 0.3 is 0 Å². The van der Waals surface area contributed by atoms with Crippen LogP contribution >= 0.6 is 0 Å². The van der Waals surface area contributed by atoms with E-state index in [0.717, 1.165) is 6.29 Å². The number of fused-ring (bicyclic) bond motifs is 1. The van der Waals surface area contributed by atoms with Gasteiger partial charge in [0, 0.05) is 16.7 Å². The first-order chi connectivity index (χ1) is 9.09. The first kappa shape index (κ1) is 13.4. The van der Waals surface area contributed by atoms with Gasteiger partial charge in [-0.1, -0.05) is 38.1 Å². The number of ketones is 2.